The number of sulfone groups is 1. The van der Waals surface area contributed by atoms with E-state index in [0.717, 1.165) is 51.4 Å². The lowest BCUT2D eigenvalue weighted by molar-refractivity contribution is -0.143. The molecule has 1 saturated carbocycles. The highest BCUT2D eigenvalue weighted by Gasteiger charge is 2.50. The smallest absolute Gasteiger partial charge is 0.315 e. The predicted molar refractivity (Wildman–Crippen MR) is 179 cm³/mol. The van der Waals surface area contributed by atoms with Crippen LogP contribution in [0.15, 0.2) is 12.7 Å². The Morgan fingerprint density at radius 3 is 2.17 bits per heavy atom. The molecule has 0 aromatic heterocycles. The van der Waals surface area contributed by atoms with Crippen LogP contribution in [0.1, 0.15) is 116 Å². The first-order chi connectivity index (χ1) is 22.5. The number of Topliss-reactive ketones (excluding diaryl/α,β-unsaturated/α-hetero) is 1. The van der Waals surface area contributed by atoms with Crippen molar-refractivity contribution in [2.75, 3.05) is 18.8 Å². The Morgan fingerprint density at radius 2 is 1.55 bits per heavy atom. The van der Waals surface area contributed by atoms with Gasteiger partial charge in [-0.3, -0.25) is 19.2 Å². The molecule has 0 aromatic rings. The van der Waals surface area contributed by atoms with E-state index in [1.165, 1.54) is 4.90 Å². The molecular weight excluding hydrogens is 622 g/mol. The molecule has 3 heterocycles. The van der Waals surface area contributed by atoms with Crippen LogP contribution in [-0.4, -0.2) is 90.6 Å². The Hall–Kier alpha value is -2.96. The zero-order chi connectivity index (χ0) is 34.0. The van der Waals surface area contributed by atoms with Crippen molar-refractivity contribution in [1.29, 1.82) is 0 Å². The van der Waals surface area contributed by atoms with Crippen LogP contribution in [-0.2, 0) is 29.0 Å². The summed E-state index contributed by atoms with van der Waals surface area (Å²) in [7, 11) is -3.34. The standard InChI is InChI=1S/C34H55N5O7S/c1-3-24-19-22-39-28(24)30(41)36-25(29(40)31(42)35-4-2)16-11-8-6-5-7-9-12-17-26(32(39)43)37-33(44)38-34(20-13-10-14-21-34)27-18-15-23-47(27,45)46/h3,24-28H,1,4-23H2,2H3,(H,35,42)(H,36,41)(H2,37,38,44)/t24-,25-,26-,27-,28-/m0/s1. The SMILES string of the molecule is C=C[C@H]1CCN2C(=O)[C@@H](NC(=O)NC3([C@@H]4CCCS4(=O)=O)CCCCC3)CCCCCCCCC[C@@H](C(=O)C(=O)NCC)NC(=O)[C@H]12. The predicted octanol–water partition coefficient (Wildman–Crippen LogP) is 3.05. The van der Waals surface area contributed by atoms with Gasteiger partial charge in [0.05, 0.1) is 22.6 Å². The van der Waals surface area contributed by atoms with Gasteiger partial charge >= 0.3 is 6.03 Å². The molecule has 5 amide bonds. The van der Waals surface area contributed by atoms with Gasteiger partial charge in [0.15, 0.2) is 9.84 Å². The Balaban J connectivity index is 1.57. The van der Waals surface area contributed by atoms with Crippen LogP contribution in [0.3, 0.4) is 0 Å². The third-order valence-corrected chi connectivity index (χ3v) is 13.0. The number of carbonyl (C=O) groups is 5. The van der Waals surface area contributed by atoms with Crippen molar-refractivity contribution in [3.63, 3.8) is 0 Å². The number of likely N-dealkylation sites (N-methyl/N-ethyl adjacent to an activating group) is 1. The van der Waals surface area contributed by atoms with Gasteiger partial charge in [0.1, 0.15) is 12.1 Å². The number of hydrogen-bond donors (Lipinski definition) is 4. The fourth-order valence-electron chi connectivity index (χ4n) is 8.16. The largest absolute Gasteiger partial charge is 0.350 e. The van der Waals surface area contributed by atoms with Crippen LogP contribution in [0, 0.1) is 5.92 Å². The summed E-state index contributed by atoms with van der Waals surface area (Å²) in [6.45, 7) is 6.17. The van der Waals surface area contributed by atoms with Crippen LogP contribution in [0.2, 0.25) is 0 Å². The summed E-state index contributed by atoms with van der Waals surface area (Å²) >= 11 is 0. The van der Waals surface area contributed by atoms with Crippen LogP contribution < -0.4 is 21.3 Å². The van der Waals surface area contributed by atoms with E-state index >= 15 is 0 Å². The number of urea groups is 1. The number of hydrogen-bond acceptors (Lipinski definition) is 7. The number of carbonyl (C=O) groups excluding carboxylic acids is 5. The third-order valence-electron chi connectivity index (χ3n) is 10.6. The monoisotopic (exact) mass is 677 g/mol. The van der Waals surface area contributed by atoms with Gasteiger partial charge in [-0.15, -0.1) is 6.58 Å². The maximum Gasteiger partial charge on any atom is 0.315 e. The maximum absolute atomic E-state index is 14.2. The fraction of sp³-hybridized carbons (Fsp3) is 0.794. The van der Waals surface area contributed by atoms with Crippen LogP contribution in [0.5, 0.6) is 0 Å². The summed E-state index contributed by atoms with van der Waals surface area (Å²) in [5.74, 6) is -2.61. The molecular formula is C34H55N5O7S. The molecule has 4 rings (SSSR count). The van der Waals surface area contributed by atoms with Crippen molar-refractivity contribution < 1.29 is 32.4 Å². The second-order valence-corrected chi connectivity index (χ2v) is 16.2. The van der Waals surface area contributed by atoms with E-state index in [1.807, 2.05) is 0 Å². The van der Waals surface area contributed by atoms with Gasteiger partial charge < -0.3 is 26.2 Å². The van der Waals surface area contributed by atoms with E-state index in [2.05, 4.69) is 27.8 Å². The summed E-state index contributed by atoms with van der Waals surface area (Å²) in [4.78, 5) is 68.8. The molecule has 264 valence electrons. The molecule has 3 aliphatic heterocycles. The molecule has 1 aliphatic carbocycles. The number of ketones is 1. The number of amides is 5. The molecule has 5 atom stereocenters. The summed E-state index contributed by atoms with van der Waals surface area (Å²) in [5.41, 5.74) is -0.866. The van der Waals surface area contributed by atoms with Gasteiger partial charge in [-0.1, -0.05) is 70.3 Å². The zero-order valence-corrected chi connectivity index (χ0v) is 28.8. The molecule has 0 radical (unpaired) electrons. The van der Waals surface area contributed by atoms with E-state index in [0.29, 0.717) is 57.8 Å². The molecule has 12 nitrogen and oxygen atoms in total. The summed E-state index contributed by atoms with van der Waals surface area (Å²) in [6.07, 6.45) is 13.7. The van der Waals surface area contributed by atoms with Crippen molar-refractivity contribution in [1.82, 2.24) is 26.2 Å². The van der Waals surface area contributed by atoms with Gasteiger partial charge in [0, 0.05) is 19.0 Å². The number of nitrogens with zero attached hydrogens (tertiary/aromatic N) is 1. The first-order valence-corrected chi connectivity index (χ1v) is 19.6. The van der Waals surface area contributed by atoms with Gasteiger partial charge in [-0.05, 0) is 51.9 Å². The average molecular weight is 678 g/mol. The van der Waals surface area contributed by atoms with E-state index < -0.39 is 68.3 Å². The Kier molecular flexibility index (Phi) is 13.3. The topological polar surface area (TPSA) is 171 Å². The highest BCUT2D eigenvalue weighted by Crippen LogP contribution is 2.39. The van der Waals surface area contributed by atoms with Crippen LogP contribution in [0.4, 0.5) is 4.79 Å². The quantitative estimate of drug-likeness (QED) is 0.237. The number of fused-ring (bicyclic) bond motifs is 1. The minimum Gasteiger partial charge on any atom is -0.350 e. The molecule has 0 unspecified atom stereocenters. The second-order valence-electron chi connectivity index (χ2n) is 13.9. The average Bonchev–Trinajstić information content (AvgIpc) is 3.65. The van der Waals surface area contributed by atoms with Gasteiger partial charge in [0.2, 0.25) is 17.6 Å². The second kappa shape index (κ2) is 16.9. The molecule has 0 bridgehead atoms. The van der Waals surface area contributed by atoms with E-state index in [4.69, 9.17) is 0 Å². The lowest BCUT2D eigenvalue weighted by Gasteiger charge is -2.42. The molecule has 0 spiro atoms. The van der Waals surface area contributed by atoms with Crippen LogP contribution >= 0.6 is 0 Å². The van der Waals surface area contributed by atoms with E-state index in [1.54, 1.807) is 13.0 Å². The Bertz CT molecular complexity index is 1270. The van der Waals surface area contributed by atoms with Gasteiger partial charge in [-0.2, -0.15) is 0 Å². The van der Waals surface area contributed by atoms with E-state index in [-0.39, 0.29) is 24.8 Å². The minimum atomic E-state index is -3.34. The maximum atomic E-state index is 14.2. The van der Waals surface area contributed by atoms with Gasteiger partial charge in [-0.25, -0.2) is 13.2 Å². The third kappa shape index (κ3) is 9.14. The summed E-state index contributed by atoms with van der Waals surface area (Å²) < 4.78 is 26.1. The van der Waals surface area contributed by atoms with Crippen LogP contribution in [0.25, 0.3) is 0 Å². The molecule has 4 aliphatic rings. The van der Waals surface area contributed by atoms with Gasteiger partial charge in [0.25, 0.3) is 5.91 Å². The van der Waals surface area contributed by atoms with Crippen molar-refractivity contribution in [3.05, 3.63) is 12.7 Å². The van der Waals surface area contributed by atoms with Crippen molar-refractivity contribution in [3.8, 4) is 0 Å². The normalized spacial score (nSPS) is 30.4. The summed E-state index contributed by atoms with van der Waals surface area (Å²) in [5, 5.41) is 10.7. The Labute approximate surface area is 279 Å². The zero-order valence-electron chi connectivity index (χ0n) is 28.0. The molecule has 4 fully saturated rings. The van der Waals surface area contributed by atoms with E-state index in [9.17, 15) is 32.4 Å². The Morgan fingerprint density at radius 1 is 0.915 bits per heavy atom. The highest BCUT2D eigenvalue weighted by molar-refractivity contribution is 7.92. The molecule has 4 N–H and O–H groups in total. The first-order valence-electron chi connectivity index (χ1n) is 17.9. The number of rotatable bonds is 7. The first kappa shape index (κ1) is 36.9. The molecule has 13 heteroatoms. The molecule has 3 saturated heterocycles. The highest BCUT2D eigenvalue weighted by atomic mass is 32.2. The molecule has 0 aromatic carbocycles. The van der Waals surface area contributed by atoms with Crippen molar-refractivity contribution >= 4 is 39.4 Å². The van der Waals surface area contributed by atoms with Crippen molar-refractivity contribution in [2.24, 2.45) is 5.92 Å². The summed E-state index contributed by atoms with van der Waals surface area (Å²) in [6, 6.07) is -3.44. The lowest BCUT2D eigenvalue weighted by atomic mass is 9.78. The molecule has 47 heavy (non-hydrogen) atoms. The lowest BCUT2D eigenvalue weighted by Crippen LogP contribution is -2.63. The fourth-order valence-corrected chi connectivity index (χ4v) is 10.5. The minimum absolute atomic E-state index is 0.127. The van der Waals surface area contributed by atoms with Crippen molar-refractivity contribution in [2.45, 2.75) is 145 Å². The number of nitrogens with one attached hydrogen (secondary N) is 4.